The normalized spacial score (nSPS) is 18.2. The summed E-state index contributed by atoms with van der Waals surface area (Å²) in [7, 11) is 0. The van der Waals surface area contributed by atoms with E-state index in [2.05, 4.69) is 68.6 Å². The van der Waals surface area contributed by atoms with Crippen LogP contribution in [0.5, 0.6) is 0 Å². The maximum absolute atomic E-state index is 11.1. The van der Waals surface area contributed by atoms with Gasteiger partial charge in [0, 0.05) is 0 Å². The molecule has 0 aliphatic heterocycles. The first-order valence-corrected chi connectivity index (χ1v) is 8.62. The molecular formula is C21H25NO2. The van der Waals surface area contributed by atoms with Crippen molar-refractivity contribution in [2.24, 2.45) is 5.41 Å². The number of carboxylic acid groups (broad SMARTS) is 1. The van der Waals surface area contributed by atoms with Crippen molar-refractivity contribution in [1.82, 2.24) is 5.32 Å². The van der Waals surface area contributed by atoms with Crippen LogP contribution in [0.1, 0.15) is 49.9 Å². The van der Waals surface area contributed by atoms with Crippen molar-refractivity contribution in [2.75, 3.05) is 0 Å². The first-order valence-electron chi connectivity index (χ1n) is 8.62. The Hall–Kier alpha value is -2.29. The van der Waals surface area contributed by atoms with Crippen LogP contribution in [-0.4, -0.2) is 11.2 Å². The van der Waals surface area contributed by atoms with Gasteiger partial charge in [0.1, 0.15) is 0 Å². The minimum atomic E-state index is -0.962. The summed E-state index contributed by atoms with van der Waals surface area (Å²) in [5.41, 5.74) is 6.02. The molecule has 3 nitrogen and oxygen atoms in total. The lowest BCUT2D eigenvalue weighted by molar-refractivity contribution is 0.175. The molecule has 0 spiro atoms. The van der Waals surface area contributed by atoms with Crippen LogP contribution in [0.25, 0.3) is 11.1 Å². The van der Waals surface area contributed by atoms with Crippen molar-refractivity contribution in [3.8, 4) is 11.1 Å². The topological polar surface area (TPSA) is 49.3 Å². The Bertz CT molecular complexity index is 747. The van der Waals surface area contributed by atoms with Gasteiger partial charge in [-0.2, -0.15) is 0 Å². The Kier molecular flexibility index (Phi) is 4.35. The Labute approximate surface area is 143 Å². The highest BCUT2D eigenvalue weighted by Gasteiger charge is 2.39. The monoisotopic (exact) mass is 323 g/mol. The average Bonchev–Trinajstić information content (AvgIpc) is 2.77. The number of carbonyl (C=O) groups is 1. The fraction of sp³-hybridized carbons (Fsp3) is 0.381. The van der Waals surface area contributed by atoms with E-state index in [1.165, 1.54) is 22.3 Å². The fourth-order valence-electron chi connectivity index (χ4n) is 3.78. The Morgan fingerprint density at radius 1 is 1.17 bits per heavy atom. The van der Waals surface area contributed by atoms with Crippen LogP contribution in [0, 0.1) is 5.41 Å². The van der Waals surface area contributed by atoms with Crippen LogP contribution >= 0.6 is 0 Å². The highest BCUT2D eigenvalue weighted by atomic mass is 16.4. The van der Waals surface area contributed by atoms with Crippen molar-refractivity contribution < 1.29 is 9.90 Å². The third-order valence-electron chi connectivity index (χ3n) is 4.98. The zero-order chi connectivity index (χ0) is 17.3. The predicted octanol–water partition coefficient (Wildman–Crippen LogP) is 5.20. The fourth-order valence-corrected chi connectivity index (χ4v) is 3.78. The molecule has 0 radical (unpaired) electrons. The van der Waals surface area contributed by atoms with Crippen LogP contribution in [0.2, 0.25) is 0 Å². The molecular weight excluding hydrogens is 298 g/mol. The highest BCUT2D eigenvalue weighted by Crippen LogP contribution is 2.46. The summed E-state index contributed by atoms with van der Waals surface area (Å²) in [6, 6.07) is 15.0. The smallest absolute Gasteiger partial charge is 0.405 e. The van der Waals surface area contributed by atoms with Gasteiger partial charge in [-0.25, -0.2) is 4.79 Å². The quantitative estimate of drug-likeness (QED) is 0.812. The van der Waals surface area contributed by atoms with Gasteiger partial charge < -0.3 is 10.4 Å². The molecule has 2 aromatic rings. The van der Waals surface area contributed by atoms with E-state index in [4.69, 9.17) is 5.11 Å². The molecule has 0 saturated carbocycles. The number of hydrogen-bond donors (Lipinski definition) is 2. The molecule has 1 aliphatic carbocycles. The zero-order valence-corrected chi connectivity index (χ0v) is 14.6. The van der Waals surface area contributed by atoms with Crippen molar-refractivity contribution in [3.63, 3.8) is 0 Å². The van der Waals surface area contributed by atoms with Crippen LogP contribution in [0.4, 0.5) is 4.79 Å². The van der Waals surface area contributed by atoms with Crippen molar-refractivity contribution >= 4 is 6.09 Å². The second-order valence-corrected chi connectivity index (χ2v) is 7.41. The van der Waals surface area contributed by atoms with Crippen LogP contribution in [0.3, 0.4) is 0 Å². The lowest BCUT2D eigenvalue weighted by Gasteiger charge is -2.27. The van der Waals surface area contributed by atoms with Gasteiger partial charge in [0.25, 0.3) is 0 Å². The number of hydrogen-bond acceptors (Lipinski definition) is 1. The molecule has 1 amide bonds. The lowest BCUT2D eigenvalue weighted by atomic mass is 9.85. The summed E-state index contributed by atoms with van der Waals surface area (Å²) in [6.45, 7) is 6.43. The average molecular weight is 323 g/mol. The number of aryl methyl sites for hydroxylation is 1. The predicted molar refractivity (Wildman–Crippen MR) is 97.3 cm³/mol. The van der Waals surface area contributed by atoms with Gasteiger partial charge in [0.2, 0.25) is 0 Å². The summed E-state index contributed by atoms with van der Waals surface area (Å²) in [5, 5.41) is 11.8. The summed E-state index contributed by atoms with van der Waals surface area (Å²) >= 11 is 0. The largest absolute Gasteiger partial charge is 0.465 e. The Morgan fingerprint density at radius 3 is 2.46 bits per heavy atom. The van der Waals surface area contributed by atoms with Gasteiger partial charge in [0.15, 0.2) is 0 Å². The molecule has 0 fully saturated rings. The number of benzene rings is 2. The van der Waals surface area contributed by atoms with E-state index in [1.54, 1.807) is 0 Å². The van der Waals surface area contributed by atoms with Crippen molar-refractivity contribution in [1.29, 1.82) is 0 Å². The standard InChI is InChI=1S/C21H25NO2/c1-4-5-14-6-8-15(9-7-14)16-10-11-18-17(12-16)13-21(2,3)19(18)22-20(23)24/h6-12,19,22H,4-5,13H2,1-3H3,(H,23,24). The van der Waals surface area contributed by atoms with E-state index in [1.807, 2.05) is 0 Å². The van der Waals surface area contributed by atoms with Gasteiger partial charge in [-0.3, -0.25) is 0 Å². The van der Waals surface area contributed by atoms with Crippen molar-refractivity contribution in [2.45, 2.75) is 46.1 Å². The van der Waals surface area contributed by atoms with Gasteiger partial charge in [-0.05, 0) is 46.1 Å². The Balaban J connectivity index is 1.91. The van der Waals surface area contributed by atoms with E-state index >= 15 is 0 Å². The van der Waals surface area contributed by atoms with E-state index in [0.717, 1.165) is 24.8 Å². The van der Waals surface area contributed by atoms with E-state index in [9.17, 15) is 4.79 Å². The molecule has 3 rings (SSSR count). The van der Waals surface area contributed by atoms with E-state index < -0.39 is 6.09 Å². The van der Waals surface area contributed by atoms with Crippen LogP contribution in [0.15, 0.2) is 42.5 Å². The number of nitrogens with one attached hydrogen (secondary N) is 1. The molecule has 0 heterocycles. The zero-order valence-electron chi connectivity index (χ0n) is 14.6. The van der Waals surface area contributed by atoms with Gasteiger partial charge in [-0.1, -0.05) is 69.7 Å². The highest BCUT2D eigenvalue weighted by molar-refractivity contribution is 5.68. The molecule has 2 N–H and O–H groups in total. The summed E-state index contributed by atoms with van der Waals surface area (Å²) < 4.78 is 0. The molecule has 1 unspecified atom stereocenters. The maximum Gasteiger partial charge on any atom is 0.405 e. The number of amides is 1. The number of rotatable bonds is 4. The lowest BCUT2D eigenvalue weighted by Crippen LogP contribution is -2.34. The molecule has 0 aromatic heterocycles. The molecule has 24 heavy (non-hydrogen) atoms. The number of fused-ring (bicyclic) bond motifs is 1. The summed E-state index contributed by atoms with van der Waals surface area (Å²) in [6.07, 6.45) is 2.19. The Morgan fingerprint density at radius 2 is 1.83 bits per heavy atom. The third kappa shape index (κ3) is 3.16. The van der Waals surface area contributed by atoms with Gasteiger partial charge >= 0.3 is 6.09 Å². The molecule has 1 atom stereocenters. The second-order valence-electron chi connectivity index (χ2n) is 7.41. The SMILES string of the molecule is CCCc1ccc(-c2ccc3c(c2)CC(C)(C)C3NC(=O)O)cc1. The molecule has 1 aliphatic rings. The van der Waals surface area contributed by atoms with Crippen LogP contribution in [-0.2, 0) is 12.8 Å². The molecule has 0 bridgehead atoms. The summed E-state index contributed by atoms with van der Waals surface area (Å²) in [5.74, 6) is 0. The van der Waals surface area contributed by atoms with Gasteiger partial charge in [-0.15, -0.1) is 0 Å². The summed E-state index contributed by atoms with van der Waals surface area (Å²) in [4.78, 5) is 11.1. The molecule has 0 saturated heterocycles. The molecule has 3 heteroatoms. The van der Waals surface area contributed by atoms with Gasteiger partial charge in [0.05, 0.1) is 6.04 Å². The maximum atomic E-state index is 11.1. The van der Waals surface area contributed by atoms with Crippen molar-refractivity contribution in [3.05, 3.63) is 59.2 Å². The third-order valence-corrected chi connectivity index (χ3v) is 4.98. The van der Waals surface area contributed by atoms with E-state index in [0.29, 0.717) is 0 Å². The first-order chi connectivity index (χ1) is 11.4. The van der Waals surface area contributed by atoms with E-state index in [-0.39, 0.29) is 11.5 Å². The molecule has 2 aromatic carbocycles. The minimum Gasteiger partial charge on any atom is -0.465 e. The minimum absolute atomic E-state index is 0.107. The van der Waals surface area contributed by atoms with Crippen LogP contribution < -0.4 is 5.32 Å². The molecule has 126 valence electrons. The first kappa shape index (κ1) is 16.6. The second kappa shape index (κ2) is 6.31.